The van der Waals surface area contributed by atoms with Crippen molar-refractivity contribution in [1.29, 1.82) is 0 Å². The quantitative estimate of drug-likeness (QED) is 0.830. The van der Waals surface area contributed by atoms with E-state index in [0.717, 1.165) is 16.9 Å². The highest BCUT2D eigenvalue weighted by atomic mass is 32.1. The van der Waals surface area contributed by atoms with Gasteiger partial charge in [0.15, 0.2) is 0 Å². The van der Waals surface area contributed by atoms with E-state index in [1.165, 1.54) is 12.8 Å². The molecule has 1 N–H and O–H groups in total. The fraction of sp³-hybridized carbons (Fsp3) is 0.667. The molecule has 5 nitrogen and oxygen atoms in total. The first-order valence-electron chi connectivity index (χ1n) is 8.84. The minimum atomic E-state index is -5.08. The number of thiophene rings is 1. The summed E-state index contributed by atoms with van der Waals surface area (Å²) in [6, 6.07) is 4.01. The van der Waals surface area contributed by atoms with E-state index >= 15 is 0 Å². The van der Waals surface area contributed by atoms with Crippen LogP contribution in [0.4, 0.5) is 13.2 Å². The second-order valence-electron chi connectivity index (χ2n) is 7.31. The van der Waals surface area contributed by atoms with Crippen LogP contribution in [0.5, 0.6) is 0 Å². The standard InChI is InChI=1S/C16H24N2OS.C2HF3O2/c1-10(2)17(4)14-9-12-5-6-13(14)18(12)16(19)15-11(3)7-8-20-15;3-2(4,5)1(6)7/h7-8,10,12-14H,5-6,9H2,1-4H3;(H,6,7). The minimum absolute atomic E-state index is 0.268. The Morgan fingerprint density at radius 1 is 1.33 bits per heavy atom. The third-order valence-electron chi connectivity index (χ3n) is 5.38. The van der Waals surface area contributed by atoms with Crippen molar-refractivity contribution >= 4 is 23.2 Å². The molecule has 0 saturated carbocycles. The Bertz CT molecular complexity index is 690. The van der Waals surface area contributed by atoms with Gasteiger partial charge in [-0.1, -0.05) is 0 Å². The van der Waals surface area contributed by atoms with Gasteiger partial charge in [-0.05, 0) is 64.1 Å². The van der Waals surface area contributed by atoms with Crippen LogP contribution in [0.15, 0.2) is 11.4 Å². The van der Waals surface area contributed by atoms with Crippen molar-refractivity contribution in [3.05, 3.63) is 21.9 Å². The van der Waals surface area contributed by atoms with Crippen molar-refractivity contribution in [2.45, 2.75) is 70.4 Å². The molecule has 2 saturated heterocycles. The summed E-state index contributed by atoms with van der Waals surface area (Å²) in [7, 11) is 2.20. The molecule has 152 valence electrons. The van der Waals surface area contributed by atoms with Crippen LogP contribution in [0.25, 0.3) is 0 Å². The average molecular weight is 406 g/mol. The third kappa shape index (κ3) is 4.63. The number of fused-ring (bicyclic) bond motifs is 2. The predicted octanol–water partition coefficient (Wildman–Crippen LogP) is 3.78. The van der Waals surface area contributed by atoms with Gasteiger partial charge in [-0.15, -0.1) is 11.3 Å². The molecule has 0 radical (unpaired) electrons. The lowest BCUT2D eigenvalue weighted by Crippen LogP contribution is -2.46. The number of carboxylic acid groups (broad SMARTS) is 1. The number of alkyl halides is 3. The number of likely N-dealkylation sites (N-methyl/N-ethyl adjacent to an activating group) is 1. The van der Waals surface area contributed by atoms with Gasteiger partial charge in [-0.2, -0.15) is 13.2 Å². The maximum absolute atomic E-state index is 12.8. The summed E-state index contributed by atoms with van der Waals surface area (Å²) in [6.07, 6.45) is -1.58. The molecule has 3 heterocycles. The second-order valence-corrected chi connectivity index (χ2v) is 8.22. The zero-order valence-corrected chi connectivity index (χ0v) is 16.6. The Labute approximate surface area is 160 Å². The van der Waals surface area contributed by atoms with E-state index in [4.69, 9.17) is 9.90 Å². The van der Waals surface area contributed by atoms with E-state index < -0.39 is 12.1 Å². The van der Waals surface area contributed by atoms with Gasteiger partial charge in [-0.25, -0.2) is 4.79 Å². The van der Waals surface area contributed by atoms with Gasteiger partial charge in [0.05, 0.1) is 4.88 Å². The van der Waals surface area contributed by atoms with Gasteiger partial charge in [0.1, 0.15) is 0 Å². The lowest BCUT2D eigenvalue weighted by molar-refractivity contribution is -0.192. The van der Waals surface area contributed by atoms with Crippen LogP contribution in [0, 0.1) is 6.92 Å². The summed E-state index contributed by atoms with van der Waals surface area (Å²) in [5.74, 6) is -2.49. The first-order chi connectivity index (χ1) is 12.4. The molecule has 1 aromatic heterocycles. The molecule has 3 rings (SSSR count). The molecule has 2 aliphatic rings. The molecule has 2 bridgehead atoms. The Morgan fingerprint density at radius 3 is 2.37 bits per heavy atom. The van der Waals surface area contributed by atoms with Gasteiger partial charge >= 0.3 is 12.1 Å². The number of nitrogens with zero attached hydrogens (tertiary/aromatic N) is 2. The SMILES string of the molecule is Cc1ccsc1C(=O)N1C2CCC1C(N(C)C(C)C)C2.O=C(O)C(F)(F)F. The van der Waals surface area contributed by atoms with Crippen molar-refractivity contribution in [3.8, 4) is 0 Å². The summed E-state index contributed by atoms with van der Waals surface area (Å²) in [6.45, 7) is 6.52. The second kappa shape index (κ2) is 8.18. The molecule has 1 aromatic rings. The van der Waals surface area contributed by atoms with Gasteiger partial charge in [0.25, 0.3) is 5.91 Å². The number of aryl methyl sites for hydroxylation is 1. The van der Waals surface area contributed by atoms with Crippen molar-refractivity contribution in [2.24, 2.45) is 0 Å². The molecule has 1 amide bonds. The fourth-order valence-corrected chi connectivity index (χ4v) is 4.67. The maximum atomic E-state index is 12.8. The molecular weight excluding hydrogens is 381 g/mol. The molecule has 0 spiro atoms. The van der Waals surface area contributed by atoms with Gasteiger partial charge in [0.2, 0.25) is 0 Å². The number of carboxylic acids is 1. The first-order valence-corrected chi connectivity index (χ1v) is 9.71. The molecule has 0 aliphatic carbocycles. The van der Waals surface area contributed by atoms with E-state index in [0.29, 0.717) is 24.2 Å². The third-order valence-corrected chi connectivity index (χ3v) is 6.38. The predicted molar refractivity (Wildman–Crippen MR) is 97.0 cm³/mol. The zero-order valence-electron chi connectivity index (χ0n) is 15.8. The highest BCUT2D eigenvalue weighted by Gasteiger charge is 2.50. The summed E-state index contributed by atoms with van der Waals surface area (Å²) in [4.78, 5) is 27.3. The molecule has 9 heteroatoms. The van der Waals surface area contributed by atoms with Crippen molar-refractivity contribution in [3.63, 3.8) is 0 Å². The average Bonchev–Trinajstić information content (AvgIpc) is 3.27. The molecule has 3 unspecified atom stereocenters. The smallest absolute Gasteiger partial charge is 0.475 e. The Hall–Kier alpha value is -1.61. The number of amides is 1. The van der Waals surface area contributed by atoms with E-state index in [1.54, 1.807) is 11.3 Å². The van der Waals surface area contributed by atoms with Crippen molar-refractivity contribution in [1.82, 2.24) is 9.80 Å². The number of hydrogen-bond donors (Lipinski definition) is 1. The molecule has 2 aliphatic heterocycles. The largest absolute Gasteiger partial charge is 0.490 e. The summed E-state index contributed by atoms with van der Waals surface area (Å²) in [5, 5.41) is 9.15. The van der Waals surface area contributed by atoms with Crippen LogP contribution in [0.1, 0.15) is 48.3 Å². The number of rotatable bonds is 3. The first kappa shape index (κ1) is 21.7. The Morgan fingerprint density at radius 2 is 1.93 bits per heavy atom. The number of carbonyl (C=O) groups is 2. The Balaban J connectivity index is 0.000000321. The van der Waals surface area contributed by atoms with Crippen LogP contribution in [-0.4, -0.2) is 64.2 Å². The van der Waals surface area contributed by atoms with Gasteiger partial charge < -0.3 is 10.0 Å². The van der Waals surface area contributed by atoms with Gasteiger partial charge in [0, 0.05) is 24.2 Å². The van der Waals surface area contributed by atoms with E-state index in [-0.39, 0.29) is 5.91 Å². The van der Waals surface area contributed by atoms with Crippen molar-refractivity contribution in [2.75, 3.05) is 7.05 Å². The lowest BCUT2D eigenvalue weighted by atomic mass is 9.94. The van der Waals surface area contributed by atoms with Crippen LogP contribution >= 0.6 is 11.3 Å². The summed E-state index contributed by atoms with van der Waals surface area (Å²) in [5.41, 5.74) is 1.13. The highest BCUT2D eigenvalue weighted by Crippen LogP contribution is 2.41. The highest BCUT2D eigenvalue weighted by molar-refractivity contribution is 7.12. The number of carbonyl (C=O) groups excluding carboxylic acids is 1. The van der Waals surface area contributed by atoms with Crippen molar-refractivity contribution < 1.29 is 27.9 Å². The van der Waals surface area contributed by atoms with E-state index in [1.807, 2.05) is 18.4 Å². The summed E-state index contributed by atoms with van der Waals surface area (Å²) < 4.78 is 31.7. The number of hydrogen-bond acceptors (Lipinski definition) is 4. The van der Waals surface area contributed by atoms with Gasteiger partial charge in [-0.3, -0.25) is 9.69 Å². The monoisotopic (exact) mass is 406 g/mol. The van der Waals surface area contributed by atoms with Crippen LogP contribution < -0.4 is 0 Å². The number of halogens is 3. The van der Waals surface area contributed by atoms with Crippen LogP contribution in [-0.2, 0) is 4.79 Å². The normalized spacial score (nSPS) is 24.3. The number of aliphatic carboxylic acids is 1. The molecular formula is C18H25F3N2O3S. The van der Waals surface area contributed by atoms with E-state index in [9.17, 15) is 18.0 Å². The molecule has 2 fully saturated rings. The minimum Gasteiger partial charge on any atom is -0.475 e. The summed E-state index contributed by atoms with van der Waals surface area (Å²) >= 11 is 1.59. The lowest BCUT2D eigenvalue weighted by Gasteiger charge is -2.34. The molecule has 27 heavy (non-hydrogen) atoms. The topological polar surface area (TPSA) is 60.9 Å². The Kier molecular flexibility index (Phi) is 6.57. The fourth-order valence-electron chi connectivity index (χ4n) is 3.80. The molecule has 0 aromatic carbocycles. The van der Waals surface area contributed by atoms with Crippen LogP contribution in [0.2, 0.25) is 0 Å². The maximum Gasteiger partial charge on any atom is 0.490 e. The molecule has 3 atom stereocenters. The van der Waals surface area contributed by atoms with Crippen LogP contribution in [0.3, 0.4) is 0 Å². The zero-order chi connectivity index (χ0) is 20.5. The van der Waals surface area contributed by atoms with E-state index in [2.05, 4.69) is 30.7 Å².